The van der Waals surface area contributed by atoms with E-state index in [0.717, 1.165) is 11.3 Å². The highest BCUT2D eigenvalue weighted by Gasteiger charge is 2.02. The molecule has 16 heavy (non-hydrogen) atoms. The number of nitrogens with two attached hydrogens (primary N) is 1. The van der Waals surface area contributed by atoms with Crippen LogP contribution in [0.25, 0.3) is 11.1 Å². The predicted molar refractivity (Wildman–Crippen MR) is 72.4 cm³/mol. The smallest absolute Gasteiger partial charge is 0.0393 e. The SMILES string of the molecule is CC.Cc1ccccc1-c1ccccc1N. The van der Waals surface area contributed by atoms with E-state index in [0.29, 0.717) is 0 Å². The van der Waals surface area contributed by atoms with Crippen molar-refractivity contribution in [2.75, 3.05) is 5.73 Å². The van der Waals surface area contributed by atoms with Crippen LogP contribution in [0, 0.1) is 6.92 Å². The van der Waals surface area contributed by atoms with Crippen molar-refractivity contribution in [2.45, 2.75) is 20.8 Å². The fourth-order valence-electron chi connectivity index (χ4n) is 1.62. The van der Waals surface area contributed by atoms with Crippen molar-refractivity contribution in [1.82, 2.24) is 0 Å². The second-order valence-corrected chi connectivity index (χ2v) is 3.40. The number of nitrogen functional groups attached to an aromatic ring is 1. The lowest BCUT2D eigenvalue weighted by Crippen LogP contribution is -1.90. The molecule has 0 amide bonds. The maximum atomic E-state index is 5.92. The monoisotopic (exact) mass is 213 g/mol. The van der Waals surface area contributed by atoms with Gasteiger partial charge in [0.25, 0.3) is 0 Å². The van der Waals surface area contributed by atoms with Crippen LogP contribution in [0.2, 0.25) is 0 Å². The Balaban J connectivity index is 0.000000606. The molecular formula is C15H19N. The fourth-order valence-corrected chi connectivity index (χ4v) is 1.62. The minimum absolute atomic E-state index is 0.835. The van der Waals surface area contributed by atoms with Gasteiger partial charge in [0.2, 0.25) is 0 Å². The van der Waals surface area contributed by atoms with E-state index in [-0.39, 0.29) is 0 Å². The summed E-state index contributed by atoms with van der Waals surface area (Å²) in [7, 11) is 0. The number of hydrogen-bond acceptors (Lipinski definition) is 1. The molecule has 1 heteroatoms. The number of benzene rings is 2. The maximum Gasteiger partial charge on any atom is 0.0393 e. The van der Waals surface area contributed by atoms with E-state index in [4.69, 9.17) is 5.73 Å². The highest BCUT2D eigenvalue weighted by molar-refractivity contribution is 5.78. The van der Waals surface area contributed by atoms with Gasteiger partial charge in [-0.25, -0.2) is 0 Å². The summed E-state index contributed by atoms with van der Waals surface area (Å²) >= 11 is 0. The quantitative estimate of drug-likeness (QED) is 0.703. The molecule has 0 atom stereocenters. The van der Waals surface area contributed by atoms with E-state index in [2.05, 4.69) is 25.1 Å². The molecule has 0 aliphatic heterocycles. The Morgan fingerprint density at radius 3 is 1.81 bits per heavy atom. The van der Waals surface area contributed by atoms with Gasteiger partial charge in [-0.05, 0) is 24.1 Å². The van der Waals surface area contributed by atoms with Crippen LogP contribution < -0.4 is 5.73 Å². The van der Waals surface area contributed by atoms with Gasteiger partial charge in [0.1, 0.15) is 0 Å². The molecular weight excluding hydrogens is 194 g/mol. The Kier molecular flexibility index (Phi) is 4.59. The third kappa shape index (κ3) is 2.63. The highest BCUT2D eigenvalue weighted by Crippen LogP contribution is 2.27. The van der Waals surface area contributed by atoms with E-state index < -0.39 is 0 Å². The van der Waals surface area contributed by atoms with Crippen LogP contribution in [-0.4, -0.2) is 0 Å². The molecule has 0 aliphatic carbocycles. The molecule has 0 saturated heterocycles. The Labute approximate surface area is 97.9 Å². The second-order valence-electron chi connectivity index (χ2n) is 3.40. The van der Waals surface area contributed by atoms with Crippen LogP contribution in [0.3, 0.4) is 0 Å². The van der Waals surface area contributed by atoms with E-state index in [1.807, 2.05) is 44.2 Å². The Bertz CT molecular complexity index is 403. The minimum atomic E-state index is 0.835. The molecule has 2 aromatic carbocycles. The predicted octanol–water partition coefficient (Wildman–Crippen LogP) is 4.27. The highest BCUT2D eigenvalue weighted by atomic mass is 14.6. The van der Waals surface area contributed by atoms with Gasteiger partial charge >= 0.3 is 0 Å². The summed E-state index contributed by atoms with van der Waals surface area (Å²) in [6, 6.07) is 16.2. The van der Waals surface area contributed by atoms with E-state index in [9.17, 15) is 0 Å². The molecule has 0 radical (unpaired) electrons. The van der Waals surface area contributed by atoms with Crippen molar-refractivity contribution in [3.8, 4) is 11.1 Å². The molecule has 0 aromatic heterocycles. The van der Waals surface area contributed by atoms with Crippen molar-refractivity contribution in [3.05, 3.63) is 54.1 Å². The zero-order chi connectivity index (χ0) is 12.0. The average Bonchev–Trinajstić information content (AvgIpc) is 2.34. The molecule has 0 unspecified atom stereocenters. The summed E-state index contributed by atoms with van der Waals surface area (Å²) in [5.74, 6) is 0. The molecule has 0 fully saturated rings. The zero-order valence-electron chi connectivity index (χ0n) is 10.2. The molecule has 2 rings (SSSR count). The van der Waals surface area contributed by atoms with E-state index in [1.165, 1.54) is 11.1 Å². The van der Waals surface area contributed by atoms with Crippen LogP contribution in [0.1, 0.15) is 19.4 Å². The van der Waals surface area contributed by atoms with Crippen LogP contribution in [-0.2, 0) is 0 Å². The van der Waals surface area contributed by atoms with Gasteiger partial charge in [0.15, 0.2) is 0 Å². The van der Waals surface area contributed by atoms with Gasteiger partial charge in [0, 0.05) is 11.3 Å². The summed E-state index contributed by atoms with van der Waals surface area (Å²) < 4.78 is 0. The topological polar surface area (TPSA) is 26.0 Å². The lowest BCUT2D eigenvalue weighted by atomic mass is 9.99. The van der Waals surface area contributed by atoms with Crippen LogP contribution in [0.5, 0.6) is 0 Å². The number of aryl methyl sites for hydroxylation is 1. The normalized spacial score (nSPS) is 9.19. The van der Waals surface area contributed by atoms with Gasteiger partial charge in [-0.15, -0.1) is 0 Å². The number of hydrogen-bond donors (Lipinski definition) is 1. The van der Waals surface area contributed by atoms with Crippen LogP contribution in [0.15, 0.2) is 48.5 Å². The summed E-state index contributed by atoms with van der Waals surface area (Å²) in [4.78, 5) is 0. The molecule has 2 N–H and O–H groups in total. The van der Waals surface area contributed by atoms with Crippen molar-refractivity contribution in [2.24, 2.45) is 0 Å². The van der Waals surface area contributed by atoms with E-state index in [1.54, 1.807) is 0 Å². The van der Waals surface area contributed by atoms with Crippen LogP contribution >= 0.6 is 0 Å². The first kappa shape index (κ1) is 12.3. The average molecular weight is 213 g/mol. The third-order valence-electron chi connectivity index (χ3n) is 2.40. The van der Waals surface area contributed by atoms with Crippen molar-refractivity contribution in [3.63, 3.8) is 0 Å². The van der Waals surface area contributed by atoms with Crippen molar-refractivity contribution >= 4 is 5.69 Å². The molecule has 0 spiro atoms. The summed E-state index contributed by atoms with van der Waals surface area (Å²) in [6.07, 6.45) is 0. The lowest BCUT2D eigenvalue weighted by Gasteiger charge is -2.07. The molecule has 0 aliphatic rings. The number of para-hydroxylation sites is 1. The van der Waals surface area contributed by atoms with Gasteiger partial charge in [-0.3, -0.25) is 0 Å². The minimum Gasteiger partial charge on any atom is -0.398 e. The Hall–Kier alpha value is -1.76. The molecule has 0 saturated carbocycles. The summed E-state index contributed by atoms with van der Waals surface area (Å²) in [6.45, 7) is 6.10. The van der Waals surface area contributed by atoms with Crippen molar-refractivity contribution in [1.29, 1.82) is 0 Å². The number of rotatable bonds is 1. The Morgan fingerprint density at radius 2 is 1.25 bits per heavy atom. The summed E-state index contributed by atoms with van der Waals surface area (Å²) in [5, 5.41) is 0. The molecule has 2 aromatic rings. The second kappa shape index (κ2) is 5.96. The maximum absolute atomic E-state index is 5.92. The first-order valence-electron chi connectivity index (χ1n) is 5.69. The Morgan fingerprint density at radius 1 is 0.750 bits per heavy atom. The lowest BCUT2D eigenvalue weighted by molar-refractivity contribution is 1.46. The first-order chi connectivity index (χ1) is 7.79. The van der Waals surface area contributed by atoms with Gasteiger partial charge in [-0.1, -0.05) is 56.3 Å². The molecule has 0 bridgehead atoms. The van der Waals surface area contributed by atoms with Crippen LogP contribution in [0.4, 0.5) is 5.69 Å². The largest absolute Gasteiger partial charge is 0.398 e. The molecule has 0 heterocycles. The summed E-state index contributed by atoms with van der Waals surface area (Å²) in [5.41, 5.74) is 10.3. The van der Waals surface area contributed by atoms with Gasteiger partial charge in [-0.2, -0.15) is 0 Å². The third-order valence-corrected chi connectivity index (χ3v) is 2.40. The fraction of sp³-hybridized carbons (Fsp3) is 0.200. The van der Waals surface area contributed by atoms with Crippen molar-refractivity contribution < 1.29 is 0 Å². The standard InChI is InChI=1S/C13H13N.C2H6/c1-10-6-2-3-7-11(10)12-8-4-5-9-13(12)14;1-2/h2-9H,14H2,1H3;1-2H3. The van der Waals surface area contributed by atoms with Gasteiger partial charge < -0.3 is 5.73 Å². The zero-order valence-corrected chi connectivity index (χ0v) is 10.2. The first-order valence-corrected chi connectivity index (χ1v) is 5.69. The van der Waals surface area contributed by atoms with Gasteiger partial charge in [0.05, 0.1) is 0 Å². The van der Waals surface area contributed by atoms with E-state index >= 15 is 0 Å². The number of anilines is 1. The molecule has 84 valence electrons. The molecule has 1 nitrogen and oxygen atoms in total.